The highest BCUT2D eigenvalue weighted by Gasteiger charge is 2.27. The molecule has 1 fully saturated rings. The van der Waals surface area contributed by atoms with Crippen molar-refractivity contribution in [2.24, 2.45) is 0 Å². The maximum Gasteiger partial charge on any atom is 0.289 e. The van der Waals surface area contributed by atoms with E-state index < -0.39 is 0 Å². The molecule has 1 saturated heterocycles. The van der Waals surface area contributed by atoms with Crippen molar-refractivity contribution in [2.45, 2.75) is 0 Å². The summed E-state index contributed by atoms with van der Waals surface area (Å²) < 4.78 is 10.2. The van der Waals surface area contributed by atoms with E-state index in [1.807, 2.05) is 0 Å². The van der Waals surface area contributed by atoms with Crippen LogP contribution in [0.4, 0.5) is 0 Å². The molecule has 0 N–H and O–H groups in total. The second-order valence-corrected chi connectivity index (χ2v) is 4.54. The number of piperazine rings is 1. The van der Waals surface area contributed by atoms with Gasteiger partial charge in [0.15, 0.2) is 11.5 Å². The third-order valence-electron chi connectivity index (χ3n) is 3.32. The number of nitrogens with zero attached hydrogens (tertiary/aromatic N) is 2. The van der Waals surface area contributed by atoms with E-state index in [4.69, 9.17) is 8.83 Å². The van der Waals surface area contributed by atoms with Crippen LogP contribution in [-0.2, 0) is 0 Å². The number of carbonyl (C=O) groups excluding carboxylic acids is 2. The van der Waals surface area contributed by atoms with Gasteiger partial charge in [-0.3, -0.25) is 9.59 Å². The van der Waals surface area contributed by atoms with Gasteiger partial charge in [0.25, 0.3) is 11.8 Å². The van der Waals surface area contributed by atoms with E-state index in [1.165, 1.54) is 12.5 Å². The molecule has 0 aliphatic carbocycles. The fourth-order valence-electron chi connectivity index (χ4n) is 2.22. The number of carbonyl (C=O) groups is 2. The lowest BCUT2D eigenvalue weighted by atomic mass is 10.2. The molecular weight excluding hydrogens is 296 g/mol. The second-order valence-electron chi connectivity index (χ2n) is 4.54. The lowest BCUT2D eigenvalue weighted by molar-refractivity contribution is 0.0502. The van der Waals surface area contributed by atoms with Crippen LogP contribution in [0.5, 0.6) is 0 Å². The predicted octanol–water partition coefficient (Wildman–Crippen LogP) is 1.89. The van der Waals surface area contributed by atoms with Crippen molar-refractivity contribution in [3.8, 4) is 0 Å². The zero-order valence-electron chi connectivity index (χ0n) is 11.2. The molecule has 1 aliphatic rings. The minimum absolute atomic E-state index is 0. The van der Waals surface area contributed by atoms with Crippen LogP contribution in [0.15, 0.2) is 45.6 Å². The van der Waals surface area contributed by atoms with Crippen molar-refractivity contribution < 1.29 is 18.4 Å². The van der Waals surface area contributed by atoms with Crippen LogP contribution in [0.1, 0.15) is 21.1 Å². The van der Waals surface area contributed by atoms with Gasteiger partial charge in [0.1, 0.15) is 0 Å². The molecule has 112 valence electrons. The summed E-state index contributed by atoms with van der Waals surface area (Å²) in [7, 11) is 0. The van der Waals surface area contributed by atoms with Crippen molar-refractivity contribution in [3.05, 3.63) is 48.3 Å². The zero-order chi connectivity index (χ0) is 13.9. The fourth-order valence-corrected chi connectivity index (χ4v) is 2.22. The number of amides is 2. The molecule has 2 aromatic heterocycles. The van der Waals surface area contributed by atoms with E-state index in [1.54, 1.807) is 34.1 Å². The van der Waals surface area contributed by atoms with Gasteiger partial charge in [0.05, 0.1) is 12.5 Å². The number of rotatable bonds is 2. The largest absolute Gasteiger partial charge is 0.459 e. The molecule has 0 unspecified atom stereocenters. The SMILES string of the molecule is Cl.O=C(c1ccco1)N1CCN(C(=O)c2ccco2)CC1. The van der Waals surface area contributed by atoms with E-state index in [0.717, 1.165) is 0 Å². The number of halogens is 1. The first-order chi connectivity index (χ1) is 9.75. The Bertz CT molecular complexity index is 532. The Hall–Kier alpha value is -2.21. The summed E-state index contributed by atoms with van der Waals surface area (Å²) in [6.07, 6.45) is 2.95. The summed E-state index contributed by atoms with van der Waals surface area (Å²) in [4.78, 5) is 27.5. The van der Waals surface area contributed by atoms with Crippen LogP contribution in [0.2, 0.25) is 0 Å². The van der Waals surface area contributed by atoms with Gasteiger partial charge in [0, 0.05) is 26.2 Å². The van der Waals surface area contributed by atoms with Gasteiger partial charge in [-0.25, -0.2) is 0 Å². The molecule has 1 aliphatic heterocycles. The average Bonchev–Trinajstić information content (AvgIpc) is 3.18. The summed E-state index contributed by atoms with van der Waals surface area (Å²) in [5, 5.41) is 0. The molecule has 0 bridgehead atoms. The summed E-state index contributed by atoms with van der Waals surface area (Å²) in [5.74, 6) is 0.381. The molecule has 0 saturated carbocycles. The zero-order valence-corrected chi connectivity index (χ0v) is 12.0. The predicted molar refractivity (Wildman–Crippen MR) is 76.5 cm³/mol. The minimum atomic E-state index is -0.139. The van der Waals surface area contributed by atoms with Crippen molar-refractivity contribution in [1.29, 1.82) is 0 Å². The molecule has 0 spiro atoms. The maximum absolute atomic E-state index is 12.1. The van der Waals surface area contributed by atoms with Gasteiger partial charge in [-0.05, 0) is 24.3 Å². The lowest BCUT2D eigenvalue weighted by Crippen LogP contribution is -2.50. The molecule has 3 heterocycles. The first-order valence-electron chi connectivity index (χ1n) is 6.41. The van der Waals surface area contributed by atoms with Gasteiger partial charge in [-0.2, -0.15) is 0 Å². The molecular formula is C14H15ClN2O4. The molecule has 3 rings (SSSR count). The standard InChI is InChI=1S/C14H14N2O4.ClH/c17-13(11-3-1-9-19-11)15-5-7-16(8-6-15)14(18)12-4-2-10-20-12;/h1-4,9-10H,5-8H2;1H. The highest BCUT2D eigenvalue weighted by atomic mass is 35.5. The van der Waals surface area contributed by atoms with Crippen LogP contribution in [0, 0.1) is 0 Å². The molecule has 0 atom stereocenters. The van der Waals surface area contributed by atoms with Gasteiger partial charge in [-0.15, -0.1) is 12.4 Å². The Balaban J connectivity index is 0.00000161. The molecule has 0 radical (unpaired) electrons. The Kier molecular flexibility index (Phi) is 4.70. The van der Waals surface area contributed by atoms with Crippen molar-refractivity contribution in [1.82, 2.24) is 9.80 Å². The van der Waals surface area contributed by atoms with Gasteiger partial charge in [-0.1, -0.05) is 0 Å². The molecule has 6 nitrogen and oxygen atoms in total. The molecule has 0 aromatic carbocycles. The van der Waals surface area contributed by atoms with Gasteiger partial charge >= 0.3 is 0 Å². The quantitative estimate of drug-likeness (QED) is 0.849. The van der Waals surface area contributed by atoms with E-state index in [-0.39, 0.29) is 24.2 Å². The van der Waals surface area contributed by atoms with E-state index >= 15 is 0 Å². The van der Waals surface area contributed by atoms with Crippen LogP contribution in [0.3, 0.4) is 0 Å². The van der Waals surface area contributed by atoms with Crippen molar-refractivity contribution in [3.63, 3.8) is 0 Å². The fraction of sp³-hybridized carbons (Fsp3) is 0.286. The normalized spacial score (nSPS) is 14.7. The number of furan rings is 2. The minimum Gasteiger partial charge on any atom is -0.459 e. The van der Waals surface area contributed by atoms with Crippen LogP contribution in [0.25, 0.3) is 0 Å². The Labute approximate surface area is 127 Å². The van der Waals surface area contributed by atoms with Crippen LogP contribution >= 0.6 is 12.4 Å². The number of hydrogen-bond donors (Lipinski definition) is 0. The summed E-state index contributed by atoms with van der Waals surface area (Å²) in [6, 6.07) is 6.65. The molecule has 7 heteroatoms. The van der Waals surface area contributed by atoms with E-state index in [9.17, 15) is 9.59 Å². The van der Waals surface area contributed by atoms with Crippen LogP contribution < -0.4 is 0 Å². The highest BCUT2D eigenvalue weighted by molar-refractivity contribution is 5.93. The summed E-state index contributed by atoms with van der Waals surface area (Å²) >= 11 is 0. The van der Waals surface area contributed by atoms with E-state index in [0.29, 0.717) is 37.7 Å². The monoisotopic (exact) mass is 310 g/mol. The molecule has 2 aromatic rings. The summed E-state index contributed by atoms with van der Waals surface area (Å²) in [6.45, 7) is 1.97. The Morgan fingerprint density at radius 1 is 0.810 bits per heavy atom. The Morgan fingerprint density at radius 2 is 1.19 bits per heavy atom. The smallest absolute Gasteiger partial charge is 0.289 e. The third kappa shape index (κ3) is 3.11. The maximum atomic E-state index is 12.1. The molecule has 21 heavy (non-hydrogen) atoms. The van der Waals surface area contributed by atoms with E-state index in [2.05, 4.69) is 0 Å². The van der Waals surface area contributed by atoms with Crippen LogP contribution in [-0.4, -0.2) is 47.8 Å². The average molecular weight is 311 g/mol. The van der Waals surface area contributed by atoms with Gasteiger partial charge in [0.2, 0.25) is 0 Å². The second kappa shape index (κ2) is 6.49. The number of hydrogen-bond acceptors (Lipinski definition) is 4. The van der Waals surface area contributed by atoms with Crippen molar-refractivity contribution in [2.75, 3.05) is 26.2 Å². The first-order valence-corrected chi connectivity index (χ1v) is 6.41. The Morgan fingerprint density at radius 3 is 1.48 bits per heavy atom. The summed E-state index contributed by atoms with van der Waals surface area (Å²) in [5.41, 5.74) is 0. The topological polar surface area (TPSA) is 66.9 Å². The third-order valence-corrected chi connectivity index (χ3v) is 3.32. The van der Waals surface area contributed by atoms with Gasteiger partial charge < -0.3 is 18.6 Å². The first kappa shape index (κ1) is 15.2. The highest BCUT2D eigenvalue weighted by Crippen LogP contribution is 2.12. The lowest BCUT2D eigenvalue weighted by Gasteiger charge is -2.33. The molecule has 2 amide bonds. The van der Waals surface area contributed by atoms with Crippen molar-refractivity contribution >= 4 is 24.2 Å².